The van der Waals surface area contributed by atoms with Crippen LogP contribution in [0.1, 0.15) is 23.7 Å². The minimum Gasteiger partial charge on any atom is -0.347 e. The SMILES string of the molecule is CCNS(=O)(=O)c1ccc(C=CC(=O)NCc2cn3cccc(C)c3n2)cc1. The van der Waals surface area contributed by atoms with Gasteiger partial charge in [-0.2, -0.15) is 0 Å². The minimum atomic E-state index is -3.47. The Balaban J connectivity index is 1.59. The molecule has 1 aromatic carbocycles. The van der Waals surface area contributed by atoms with E-state index in [0.717, 1.165) is 22.5 Å². The average Bonchev–Trinajstić information content (AvgIpc) is 3.10. The van der Waals surface area contributed by atoms with Gasteiger partial charge in [0.15, 0.2) is 0 Å². The van der Waals surface area contributed by atoms with Crippen LogP contribution in [0.3, 0.4) is 0 Å². The molecule has 8 heteroatoms. The van der Waals surface area contributed by atoms with Crippen molar-refractivity contribution in [3.05, 3.63) is 71.7 Å². The lowest BCUT2D eigenvalue weighted by molar-refractivity contribution is -0.116. The molecule has 0 bridgehead atoms. The maximum Gasteiger partial charge on any atom is 0.244 e. The van der Waals surface area contributed by atoms with Crippen LogP contribution in [-0.2, 0) is 21.4 Å². The van der Waals surface area contributed by atoms with Gasteiger partial charge in [0.2, 0.25) is 15.9 Å². The van der Waals surface area contributed by atoms with Gasteiger partial charge in [0.25, 0.3) is 0 Å². The fraction of sp³-hybridized carbons (Fsp3) is 0.200. The van der Waals surface area contributed by atoms with E-state index in [-0.39, 0.29) is 10.8 Å². The van der Waals surface area contributed by atoms with E-state index in [2.05, 4.69) is 15.0 Å². The highest BCUT2D eigenvalue weighted by Gasteiger charge is 2.11. The van der Waals surface area contributed by atoms with Crippen molar-refractivity contribution >= 4 is 27.7 Å². The van der Waals surface area contributed by atoms with Crippen molar-refractivity contribution < 1.29 is 13.2 Å². The molecule has 3 rings (SSSR count). The molecule has 0 aliphatic heterocycles. The largest absolute Gasteiger partial charge is 0.347 e. The number of nitrogens with one attached hydrogen (secondary N) is 2. The van der Waals surface area contributed by atoms with E-state index in [4.69, 9.17) is 0 Å². The van der Waals surface area contributed by atoms with E-state index in [1.165, 1.54) is 18.2 Å². The molecule has 0 spiro atoms. The lowest BCUT2D eigenvalue weighted by Crippen LogP contribution is -2.23. The van der Waals surface area contributed by atoms with Crippen LogP contribution in [0, 0.1) is 6.92 Å². The number of carbonyl (C=O) groups excluding carboxylic acids is 1. The number of benzene rings is 1. The van der Waals surface area contributed by atoms with Gasteiger partial charge in [-0.1, -0.05) is 25.1 Å². The zero-order valence-electron chi connectivity index (χ0n) is 15.7. The predicted octanol–water partition coefficient (Wildman–Crippen LogP) is 2.27. The second-order valence-corrected chi connectivity index (χ2v) is 8.04. The molecule has 0 aliphatic carbocycles. The smallest absolute Gasteiger partial charge is 0.244 e. The number of hydrogen-bond acceptors (Lipinski definition) is 4. The molecule has 146 valence electrons. The second kappa shape index (κ2) is 8.37. The Morgan fingerprint density at radius 1 is 1.21 bits per heavy atom. The maximum absolute atomic E-state index is 12.0. The third-order valence-corrected chi connectivity index (χ3v) is 5.68. The minimum absolute atomic E-state index is 0.193. The number of imidazole rings is 1. The predicted molar refractivity (Wildman–Crippen MR) is 108 cm³/mol. The molecular formula is C20H22N4O3S. The highest BCUT2D eigenvalue weighted by Crippen LogP contribution is 2.12. The van der Waals surface area contributed by atoms with Gasteiger partial charge in [0, 0.05) is 25.0 Å². The second-order valence-electron chi connectivity index (χ2n) is 6.28. The molecule has 28 heavy (non-hydrogen) atoms. The third kappa shape index (κ3) is 4.65. The van der Waals surface area contributed by atoms with Gasteiger partial charge in [-0.3, -0.25) is 4.79 Å². The van der Waals surface area contributed by atoms with E-state index in [9.17, 15) is 13.2 Å². The summed E-state index contributed by atoms with van der Waals surface area (Å²) in [5.41, 5.74) is 3.44. The number of sulfonamides is 1. The fourth-order valence-corrected chi connectivity index (χ4v) is 3.77. The Bertz CT molecular complexity index is 1120. The molecule has 3 aromatic rings. The molecule has 0 saturated heterocycles. The summed E-state index contributed by atoms with van der Waals surface area (Å²) in [7, 11) is -3.47. The van der Waals surface area contributed by atoms with E-state index in [0.29, 0.717) is 13.1 Å². The third-order valence-electron chi connectivity index (χ3n) is 4.12. The molecule has 0 fully saturated rings. The van der Waals surface area contributed by atoms with Crippen LogP contribution in [0.15, 0.2) is 59.8 Å². The molecule has 2 heterocycles. The molecular weight excluding hydrogens is 376 g/mol. The van der Waals surface area contributed by atoms with Gasteiger partial charge in [0.05, 0.1) is 17.1 Å². The number of fused-ring (bicyclic) bond motifs is 1. The van der Waals surface area contributed by atoms with Crippen LogP contribution >= 0.6 is 0 Å². The summed E-state index contributed by atoms with van der Waals surface area (Å²) in [6.45, 7) is 4.36. The number of aryl methyl sites for hydroxylation is 1. The highest BCUT2D eigenvalue weighted by molar-refractivity contribution is 7.89. The van der Waals surface area contributed by atoms with E-state index >= 15 is 0 Å². The Morgan fingerprint density at radius 3 is 2.64 bits per heavy atom. The molecule has 0 unspecified atom stereocenters. The highest BCUT2D eigenvalue weighted by atomic mass is 32.2. The number of pyridine rings is 1. The summed E-state index contributed by atoms with van der Waals surface area (Å²) >= 11 is 0. The van der Waals surface area contributed by atoms with Crippen LogP contribution in [0.4, 0.5) is 0 Å². The van der Waals surface area contributed by atoms with Gasteiger partial charge in [-0.15, -0.1) is 0 Å². The monoisotopic (exact) mass is 398 g/mol. The molecule has 1 amide bonds. The van der Waals surface area contributed by atoms with Crippen molar-refractivity contribution in [3.63, 3.8) is 0 Å². The summed E-state index contributed by atoms with van der Waals surface area (Å²) < 4.78 is 28.2. The van der Waals surface area contributed by atoms with Gasteiger partial charge in [0.1, 0.15) is 5.65 Å². The molecule has 2 N–H and O–H groups in total. The van der Waals surface area contributed by atoms with Crippen molar-refractivity contribution in [3.8, 4) is 0 Å². The van der Waals surface area contributed by atoms with E-state index < -0.39 is 10.0 Å². The zero-order valence-corrected chi connectivity index (χ0v) is 16.5. The molecule has 0 aliphatic rings. The van der Waals surface area contributed by atoms with Crippen molar-refractivity contribution in [2.75, 3.05) is 6.54 Å². The number of aromatic nitrogens is 2. The summed E-state index contributed by atoms with van der Waals surface area (Å²) in [6.07, 6.45) is 6.85. The quantitative estimate of drug-likeness (QED) is 0.597. The molecule has 7 nitrogen and oxygen atoms in total. The first-order valence-electron chi connectivity index (χ1n) is 8.88. The topological polar surface area (TPSA) is 92.6 Å². The number of hydrogen-bond donors (Lipinski definition) is 2. The van der Waals surface area contributed by atoms with Gasteiger partial charge in [-0.05, 0) is 42.3 Å². The number of rotatable bonds is 7. The summed E-state index contributed by atoms with van der Waals surface area (Å²) in [5, 5.41) is 2.79. The molecule has 2 aromatic heterocycles. The van der Waals surface area contributed by atoms with Crippen molar-refractivity contribution in [1.29, 1.82) is 0 Å². The standard InChI is InChI=1S/C20H22N4O3S/c1-3-22-28(26,27)18-9-6-16(7-10-18)8-11-19(25)21-13-17-14-24-12-4-5-15(2)20(24)23-17/h4-12,14,22H,3,13H2,1-2H3,(H,21,25). The lowest BCUT2D eigenvalue weighted by atomic mass is 10.2. The summed E-state index contributed by atoms with van der Waals surface area (Å²) in [4.78, 5) is 16.7. The number of nitrogens with zero attached hydrogens (tertiary/aromatic N) is 2. The molecule has 0 radical (unpaired) electrons. The Labute approximate surface area is 164 Å². The maximum atomic E-state index is 12.0. The van der Waals surface area contributed by atoms with Gasteiger partial charge in [-0.25, -0.2) is 18.1 Å². The van der Waals surface area contributed by atoms with Crippen LogP contribution < -0.4 is 10.0 Å². The first-order chi connectivity index (χ1) is 13.4. The van der Waals surface area contributed by atoms with Crippen LogP contribution in [0.2, 0.25) is 0 Å². The van der Waals surface area contributed by atoms with Crippen LogP contribution in [-0.4, -0.2) is 30.3 Å². The van der Waals surface area contributed by atoms with Crippen molar-refractivity contribution in [2.45, 2.75) is 25.3 Å². The summed E-state index contributed by atoms with van der Waals surface area (Å²) in [6, 6.07) is 10.3. The van der Waals surface area contributed by atoms with E-state index in [1.807, 2.05) is 35.9 Å². The number of carbonyl (C=O) groups is 1. The Kier molecular flexibility index (Phi) is 5.91. The molecule has 0 atom stereocenters. The zero-order chi connectivity index (χ0) is 20.1. The Morgan fingerprint density at radius 2 is 1.96 bits per heavy atom. The summed E-state index contributed by atoms with van der Waals surface area (Å²) in [5.74, 6) is -0.252. The first kappa shape index (κ1) is 19.8. The van der Waals surface area contributed by atoms with Gasteiger partial charge >= 0.3 is 0 Å². The van der Waals surface area contributed by atoms with Gasteiger partial charge < -0.3 is 9.72 Å². The number of amides is 1. The lowest BCUT2D eigenvalue weighted by Gasteiger charge is -2.04. The Hall–Kier alpha value is -2.97. The average molecular weight is 398 g/mol. The molecule has 0 saturated carbocycles. The first-order valence-corrected chi connectivity index (χ1v) is 10.4. The van der Waals surface area contributed by atoms with Crippen LogP contribution in [0.25, 0.3) is 11.7 Å². The van der Waals surface area contributed by atoms with Crippen molar-refractivity contribution in [2.24, 2.45) is 0 Å². The van der Waals surface area contributed by atoms with Crippen molar-refractivity contribution in [1.82, 2.24) is 19.4 Å². The van der Waals surface area contributed by atoms with E-state index in [1.54, 1.807) is 25.1 Å². The fourth-order valence-electron chi connectivity index (χ4n) is 2.73. The normalized spacial score (nSPS) is 11.9. The van der Waals surface area contributed by atoms with Crippen LogP contribution in [0.5, 0.6) is 0 Å².